The van der Waals surface area contributed by atoms with Crippen LogP contribution >= 0.6 is 34.2 Å². The Morgan fingerprint density at radius 1 is 1.02 bits per heavy atom. The Hall–Kier alpha value is -1.89. The second-order valence-electron chi connectivity index (χ2n) is 13.1. The number of benzene rings is 2. The van der Waals surface area contributed by atoms with Crippen molar-refractivity contribution < 1.29 is 13.9 Å². The summed E-state index contributed by atoms with van der Waals surface area (Å²) in [5.41, 5.74) is 1.18. The molecule has 10 heteroatoms. The summed E-state index contributed by atoms with van der Waals surface area (Å²) >= 11 is 8.58. The fourth-order valence-corrected chi connectivity index (χ4v) is 13.0. The molecule has 2 aromatic heterocycles. The Labute approximate surface area is 260 Å². The average molecular weight is 701 g/mol. The van der Waals surface area contributed by atoms with Gasteiger partial charge in [-0.2, -0.15) is 0 Å². The number of rotatable bonds is 6. The third-order valence-electron chi connectivity index (χ3n) is 9.27. The molecular formula is C31H34ClIN4O3Si. The maximum absolute atomic E-state index is 7.49. The van der Waals surface area contributed by atoms with E-state index in [0.29, 0.717) is 27.0 Å². The van der Waals surface area contributed by atoms with Crippen molar-refractivity contribution >= 4 is 64.0 Å². The van der Waals surface area contributed by atoms with E-state index in [9.17, 15) is 0 Å². The molecule has 0 spiro atoms. The lowest BCUT2D eigenvalue weighted by molar-refractivity contribution is -0.162. The van der Waals surface area contributed by atoms with Gasteiger partial charge < -0.3 is 18.5 Å². The predicted octanol–water partition coefficient (Wildman–Crippen LogP) is 5.74. The van der Waals surface area contributed by atoms with Crippen LogP contribution in [0.3, 0.4) is 0 Å². The fraction of sp³-hybridized carbons (Fsp3) is 0.452. The van der Waals surface area contributed by atoms with Gasteiger partial charge in [-0.3, -0.25) is 0 Å². The van der Waals surface area contributed by atoms with E-state index < -0.39 is 14.1 Å². The monoisotopic (exact) mass is 700 g/mol. The molecule has 2 aromatic carbocycles. The Morgan fingerprint density at radius 2 is 1.66 bits per heavy atom. The molecule has 0 radical (unpaired) electrons. The van der Waals surface area contributed by atoms with Crippen LogP contribution in [0.1, 0.15) is 47.1 Å². The highest BCUT2D eigenvalue weighted by molar-refractivity contribution is 14.1. The summed E-state index contributed by atoms with van der Waals surface area (Å²) in [4.78, 5) is 13.6. The van der Waals surface area contributed by atoms with Crippen molar-refractivity contribution in [1.29, 1.82) is 0 Å². The first kappa shape index (κ1) is 27.9. The number of nitrogens with zero attached hydrogens (tertiary/aromatic N) is 4. The van der Waals surface area contributed by atoms with E-state index in [0.717, 1.165) is 12.1 Å². The normalized spacial score (nSPS) is 28.6. The number of fused-ring (bicyclic) bond motifs is 4. The summed E-state index contributed by atoms with van der Waals surface area (Å²) in [5.74, 6) is -0.390. The molecule has 3 fully saturated rings. The first-order valence-electron chi connectivity index (χ1n) is 14.1. The first-order chi connectivity index (χ1) is 19.5. The molecule has 214 valence electrons. The van der Waals surface area contributed by atoms with Crippen molar-refractivity contribution in [1.82, 2.24) is 19.5 Å². The largest absolute Gasteiger partial charge is 0.407 e. The van der Waals surface area contributed by atoms with Crippen molar-refractivity contribution in [3.05, 3.63) is 76.0 Å². The lowest BCUT2D eigenvalue weighted by Gasteiger charge is -2.44. The number of aromatic nitrogens is 4. The maximum Gasteiger partial charge on any atom is 0.261 e. The minimum Gasteiger partial charge on any atom is -0.407 e. The van der Waals surface area contributed by atoms with Crippen LogP contribution in [0, 0.1) is 15.2 Å². The zero-order chi connectivity index (χ0) is 28.8. The van der Waals surface area contributed by atoms with E-state index in [4.69, 9.17) is 30.5 Å². The van der Waals surface area contributed by atoms with E-state index >= 15 is 0 Å². The number of ether oxygens (including phenoxy) is 2. The van der Waals surface area contributed by atoms with Crippen molar-refractivity contribution in [2.45, 2.75) is 70.1 Å². The second kappa shape index (κ2) is 9.55. The molecule has 5 atom stereocenters. The van der Waals surface area contributed by atoms with Crippen molar-refractivity contribution in [2.24, 2.45) is 11.3 Å². The van der Waals surface area contributed by atoms with Gasteiger partial charge in [0.25, 0.3) is 8.32 Å². The Morgan fingerprint density at radius 3 is 2.27 bits per heavy atom. The van der Waals surface area contributed by atoms with E-state index in [1.165, 1.54) is 10.4 Å². The molecule has 2 aliphatic carbocycles. The van der Waals surface area contributed by atoms with Crippen LogP contribution in [-0.4, -0.2) is 52.4 Å². The lowest BCUT2D eigenvalue weighted by atomic mass is 10.0. The number of hydrogen-bond acceptors (Lipinski definition) is 6. The summed E-state index contributed by atoms with van der Waals surface area (Å²) in [6, 6.07) is 21.7. The topological polar surface area (TPSA) is 71.3 Å². The minimum atomic E-state index is -2.72. The van der Waals surface area contributed by atoms with Gasteiger partial charge >= 0.3 is 0 Å². The van der Waals surface area contributed by atoms with E-state index in [-0.39, 0.29) is 28.7 Å². The van der Waals surface area contributed by atoms with Gasteiger partial charge in [-0.05, 0) is 41.6 Å². The zero-order valence-corrected chi connectivity index (χ0v) is 27.8. The van der Waals surface area contributed by atoms with E-state index in [1.54, 1.807) is 0 Å². The van der Waals surface area contributed by atoms with Crippen LogP contribution in [0.2, 0.25) is 10.2 Å². The highest BCUT2D eigenvalue weighted by atomic mass is 127. The van der Waals surface area contributed by atoms with Gasteiger partial charge in [-0.1, -0.05) is 93.0 Å². The van der Waals surface area contributed by atoms with Crippen LogP contribution in [0.15, 0.2) is 67.0 Å². The smallest absolute Gasteiger partial charge is 0.261 e. The molecule has 0 bridgehead atoms. The van der Waals surface area contributed by atoms with E-state index in [2.05, 4.69) is 119 Å². The molecule has 3 heterocycles. The molecule has 3 aliphatic rings. The fourth-order valence-electron chi connectivity index (χ4n) is 7.53. The van der Waals surface area contributed by atoms with Crippen molar-refractivity contribution in [3.8, 4) is 0 Å². The summed E-state index contributed by atoms with van der Waals surface area (Å²) in [7, 11) is -2.72. The summed E-state index contributed by atoms with van der Waals surface area (Å²) < 4.78 is 23.6. The van der Waals surface area contributed by atoms with Crippen LogP contribution in [0.5, 0.6) is 0 Å². The standard InChI is InChI=1S/C31H34ClIN4O3Si/c1-29(2,3)41(19-12-8-6-9-13-19,20-14-10-7-11-15-20)38-17-31-16-21(31)23(24-25(31)40-30(4,5)39-24)37-18-34-22-26(32)35-28(33)36-27(22)37/h6-15,18,21,23-25H,16-17H2,1-5H3/t21-,23-,24+,25+,31+/m1/s1. The van der Waals surface area contributed by atoms with E-state index in [1.807, 2.05) is 20.2 Å². The molecular weight excluding hydrogens is 667 g/mol. The minimum absolute atomic E-state index is 0.0105. The van der Waals surface area contributed by atoms with Gasteiger partial charge in [0.05, 0.1) is 18.5 Å². The van der Waals surface area contributed by atoms with Crippen LogP contribution in [0.25, 0.3) is 11.2 Å². The van der Waals surface area contributed by atoms with Crippen LogP contribution < -0.4 is 10.4 Å². The van der Waals surface area contributed by atoms with Gasteiger partial charge in [-0.15, -0.1) is 0 Å². The Bertz CT molecular complexity index is 1570. The van der Waals surface area contributed by atoms with Gasteiger partial charge in [0.1, 0.15) is 11.6 Å². The quantitative estimate of drug-likeness (QED) is 0.111. The molecule has 41 heavy (non-hydrogen) atoms. The van der Waals surface area contributed by atoms with Gasteiger partial charge in [0.15, 0.2) is 20.4 Å². The van der Waals surface area contributed by atoms with Gasteiger partial charge in [0.2, 0.25) is 0 Å². The van der Waals surface area contributed by atoms with Gasteiger partial charge in [0, 0.05) is 34.6 Å². The maximum atomic E-state index is 7.49. The molecule has 7 nitrogen and oxygen atoms in total. The van der Waals surface area contributed by atoms with Crippen LogP contribution in [-0.2, 0) is 13.9 Å². The number of halogens is 2. The Balaban J connectivity index is 1.31. The molecule has 0 unspecified atom stereocenters. The van der Waals surface area contributed by atoms with Gasteiger partial charge in [-0.25, -0.2) is 15.0 Å². The predicted molar refractivity (Wildman–Crippen MR) is 170 cm³/mol. The first-order valence-corrected chi connectivity index (χ1v) is 17.5. The molecule has 0 amide bonds. The summed E-state index contributed by atoms with van der Waals surface area (Å²) in [6.45, 7) is 11.6. The lowest BCUT2D eigenvalue weighted by Crippen LogP contribution is -2.67. The summed E-state index contributed by atoms with van der Waals surface area (Å²) in [5, 5.41) is 2.83. The molecule has 2 saturated carbocycles. The molecule has 0 N–H and O–H groups in total. The van der Waals surface area contributed by atoms with Crippen molar-refractivity contribution in [3.63, 3.8) is 0 Å². The number of imidazole rings is 1. The zero-order valence-electron chi connectivity index (χ0n) is 23.8. The molecule has 1 saturated heterocycles. The van der Waals surface area contributed by atoms with Crippen molar-refractivity contribution in [2.75, 3.05) is 6.61 Å². The Kier molecular flexibility index (Phi) is 6.50. The molecule has 4 aromatic rings. The summed E-state index contributed by atoms with van der Waals surface area (Å²) in [6.07, 6.45) is 2.59. The highest BCUT2D eigenvalue weighted by Crippen LogP contribution is 2.72. The SMILES string of the molecule is CC1(C)O[C@H]2[C@H](n3cnc4c(Cl)nc(I)nc43)[C@H]3C[C@@]3(CO[Si](c3ccccc3)(c3ccccc3)C(C)(C)C)[C@H]2O1. The molecule has 7 rings (SSSR count). The third kappa shape index (κ3) is 4.25. The highest BCUT2D eigenvalue weighted by Gasteiger charge is 2.76. The number of hydrogen-bond donors (Lipinski definition) is 0. The third-order valence-corrected chi connectivity index (χ3v) is 15.0. The average Bonchev–Trinajstić information content (AvgIpc) is 3.18. The molecule has 1 aliphatic heterocycles. The second-order valence-corrected chi connectivity index (χ2v) is 18.7. The van der Waals surface area contributed by atoms with Crippen LogP contribution in [0.4, 0.5) is 0 Å².